The van der Waals surface area contributed by atoms with Crippen molar-refractivity contribution in [2.45, 2.75) is 0 Å². The van der Waals surface area contributed by atoms with Gasteiger partial charge >= 0.3 is 0 Å². The number of carbonyl (C=O) groups excluding carboxylic acids is 2. The fourth-order valence-corrected chi connectivity index (χ4v) is 3.67. The third-order valence-electron chi connectivity index (χ3n) is 3.83. The van der Waals surface area contributed by atoms with E-state index in [-0.39, 0.29) is 9.88 Å². The molecule has 1 saturated heterocycles. The van der Waals surface area contributed by atoms with E-state index in [1.807, 2.05) is 0 Å². The van der Waals surface area contributed by atoms with Gasteiger partial charge in [0, 0.05) is 11.1 Å². The summed E-state index contributed by atoms with van der Waals surface area (Å²) in [4.78, 5) is 25.3. The van der Waals surface area contributed by atoms with Crippen molar-refractivity contribution in [3.63, 3.8) is 0 Å². The number of carbonyl (C=O) groups is 2. The third-order valence-corrected chi connectivity index (χ3v) is 5.14. The number of nitrogens with one attached hydrogen (secondary N) is 1. The zero-order chi connectivity index (χ0) is 20.3. The lowest BCUT2D eigenvalue weighted by Gasteiger charge is -2.15. The summed E-state index contributed by atoms with van der Waals surface area (Å²) in [5.74, 6) is -0.508. The van der Waals surface area contributed by atoms with Crippen molar-refractivity contribution >= 4 is 46.2 Å². The Morgan fingerprint density at radius 3 is 2.54 bits per heavy atom. The number of hydrogen-bond donors (Lipinski definition) is 1. The summed E-state index contributed by atoms with van der Waals surface area (Å²) in [6.07, 6.45) is 1.62. The number of benzene rings is 2. The first kappa shape index (κ1) is 19.8. The molecule has 144 valence electrons. The minimum Gasteiger partial charge on any atom is -0.493 e. The van der Waals surface area contributed by atoms with E-state index in [1.54, 1.807) is 24.3 Å². The smallest absolute Gasteiger partial charge is 0.285 e. The first-order chi connectivity index (χ1) is 13.4. The maximum Gasteiger partial charge on any atom is 0.285 e. The third kappa shape index (κ3) is 4.00. The highest BCUT2D eigenvalue weighted by atomic mass is 32.2. The molecule has 6 nitrogen and oxygen atoms in total. The van der Waals surface area contributed by atoms with Gasteiger partial charge in [0.1, 0.15) is 5.82 Å². The second-order valence-electron chi connectivity index (χ2n) is 5.55. The first-order valence-electron chi connectivity index (χ1n) is 8.00. The molecule has 9 heteroatoms. The average molecular weight is 418 g/mol. The van der Waals surface area contributed by atoms with Crippen LogP contribution in [0.15, 0.2) is 47.4 Å². The van der Waals surface area contributed by atoms with Crippen LogP contribution in [0, 0.1) is 5.82 Å². The van der Waals surface area contributed by atoms with Gasteiger partial charge in [0.2, 0.25) is 0 Å². The van der Waals surface area contributed by atoms with Gasteiger partial charge in [0.05, 0.1) is 19.1 Å². The molecule has 0 spiro atoms. The summed E-state index contributed by atoms with van der Waals surface area (Å²) in [6.45, 7) is 0. The maximum atomic E-state index is 13.0. The lowest BCUT2D eigenvalue weighted by Crippen LogP contribution is -2.44. The van der Waals surface area contributed by atoms with Gasteiger partial charge in [-0.3, -0.25) is 15.0 Å². The summed E-state index contributed by atoms with van der Waals surface area (Å²) in [6, 6.07) is 10.2. The van der Waals surface area contributed by atoms with Crippen LogP contribution in [0.1, 0.15) is 15.9 Å². The van der Waals surface area contributed by atoms with Crippen molar-refractivity contribution < 1.29 is 23.5 Å². The Kier molecular flexibility index (Phi) is 5.96. The molecule has 0 bridgehead atoms. The van der Waals surface area contributed by atoms with E-state index in [2.05, 4.69) is 5.43 Å². The van der Waals surface area contributed by atoms with E-state index in [1.165, 1.54) is 26.4 Å². The van der Waals surface area contributed by atoms with Crippen molar-refractivity contribution in [3.8, 4) is 11.5 Å². The predicted octanol–water partition coefficient (Wildman–Crippen LogP) is 3.39. The van der Waals surface area contributed by atoms with Gasteiger partial charge in [0.15, 0.2) is 15.8 Å². The molecule has 3 rings (SSSR count). The molecular weight excluding hydrogens is 403 g/mol. The molecule has 0 aromatic heterocycles. The second-order valence-corrected chi connectivity index (χ2v) is 7.22. The summed E-state index contributed by atoms with van der Waals surface area (Å²) >= 11 is 6.25. The number of thioether (sulfide) groups is 1. The Labute approximate surface area is 170 Å². The van der Waals surface area contributed by atoms with Crippen LogP contribution >= 0.6 is 24.0 Å². The van der Waals surface area contributed by atoms with Crippen LogP contribution in [-0.4, -0.2) is 35.4 Å². The first-order valence-corrected chi connectivity index (χ1v) is 9.22. The molecule has 1 fully saturated rings. The number of hydrazine groups is 1. The maximum absolute atomic E-state index is 13.0. The van der Waals surface area contributed by atoms with E-state index >= 15 is 0 Å². The van der Waals surface area contributed by atoms with Crippen molar-refractivity contribution in [1.29, 1.82) is 0 Å². The number of methoxy groups -OCH3 is 2. The van der Waals surface area contributed by atoms with E-state index in [0.29, 0.717) is 22.0 Å². The fourth-order valence-electron chi connectivity index (χ4n) is 2.50. The Morgan fingerprint density at radius 1 is 1.18 bits per heavy atom. The monoisotopic (exact) mass is 418 g/mol. The van der Waals surface area contributed by atoms with Crippen LogP contribution < -0.4 is 14.9 Å². The molecule has 0 unspecified atom stereocenters. The molecule has 1 N–H and O–H groups in total. The summed E-state index contributed by atoms with van der Waals surface area (Å²) in [5, 5.41) is 0.990. The second kappa shape index (κ2) is 8.41. The lowest BCUT2D eigenvalue weighted by atomic mass is 10.1. The summed E-state index contributed by atoms with van der Waals surface area (Å²) in [5.41, 5.74) is 3.28. The quantitative estimate of drug-likeness (QED) is 0.593. The molecule has 0 atom stereocenters. The number of halogens is 1. The zero-order valence-electron chi connectivity index (χ0n) is 14.9. The van der Waals surface area contributed by atoms with E-state index in [4.69, 9.17) is 21.7 Å². The molecule has 28 heavy (non-hydrogen) atoms. The lowest BCUT2D eigenvalue weighted by molar-refractivity contribution is -0.123. The van der Waals surface area contributed by atoms with Crippen molar-refractivity contribution in [2.24, 2.45) is 0 Å². The molecule has 0 radical (unpaired) electrons. The number of ether oxygens (including phenoxy) is 2. The molecule has 1 aliphatic heterocycles. The number of hydrogen-bond acceptors (Lipinski definition) is 6. The van der Waals surface area contributed by atoms with Crippen LogP contribution in [0.2, 0.25) is 0 Å². The average Bonchev–Trinajstić information content (AvgIpc) is 2.95. The highest BCUT2D eigenvalue weighted by molar-refractivity contribution is 8.26. The molecule has 2 aromatic carbocycles. The van der Waals surface area contributed by atoms with E-state index in [9.17, 15) is 14.0 Å². The van der Waals surface area contributed by atoms with Gasteiger partial charge in [-0.15, -0.1) is 0 Å². The Balaban J connectivity index is 1.83. The molecule has 1 heterocycles. The molecule has 0 saturated carbocycles. The Bertz CT molecular complexity index is 976. The SMILES string of the molecule is COc1cccc(C=C2SC(=S)N(NC(=O)c3ccc(F)cc3)C2=O)c1OC. The molecule has 0 aliphatic carbocycles. The van der Waals surface area contributed by atoms with Crippen molar-refractivity contribution in [3.05, 3.63) is 64.3 Å². The minimum absolute atomic E-state index is 0.175. The highest BCUT2D eigenvalue weighted by Gasteiger charge is 2.34. The highest BCUT2D eigenvalue weighted by Crippen LogP contribution is 2.36. The number of rotatable bonds is 5. The molecule has 2 amide bonds. The van der Waals surface area contributed by atoms with Crippen LogP contribution in [0.3, 0.4) is 0 Å². The topological polar surface area (TPSA) is 67.9 Å². The number of amides is 2. The van der Waals surface area contributed by atoms with Gasteiger partial charge in [-0.05, 0) is 48.6 Å². The van der Waals surface area contributed by atoms with Gasteiger partial charge in [-0.1, -0.05) is 23.9 Å². The summed E-state index contributed by atoms with van der Waals surface area (Å²) < 4.78 is 23.8. The molecule has 1 aliphatic rings. The summed E-state index contributed by atoms with van der Waals surface area (Å²) in [7, 11) is 3.02. The van der Waals surface area contributed by atoms with Crippen LogP contribution in [0.5, 0.6) is 11.5 Å². The van der Waals surface area contributed by atoms with Crippen LogP contribution in [-0.2, 0) is 4.79 Å². The van der Waals surface area contributed by atoms with Crippen LogP contribution in [0.25, 0.3) is 6.08 Å². The number of para-hydroxylation sites is 1. The standard InChI is InChI=1S/C19H15FN2O4S2/c1-25-14-5-3-4-12(16(14)26-2)10-15-18(24)22(19(27)28-15)21-17(23)11-6-8-13(20)9-7-11/h3-10H,1-2H3,(H,21,23). The predicted molar refractivity (Wildman–Crippen MR) is 108 cm³/mol. The number of nitrogens with zero attached hydrogens (tertiary/aromatic N) is 1. The Morgan fingerprint density at radius 2 is 1.89 bits per heavy atom. The van der Waals surface area contributed by atoms with E-state index in [0.717, 1.165) is 28.9 Å². The molecule has 2 aromatic rings. The van der Waals surface area contributed by atoms with Gasteiger partial charge in [0.25, 0.3) is 11.8 Å². The largest absolute Gasteiger partial charge is 0.493 e. The van der Waals surface area contributed by atoms with Crippen LogP contribution in [0.4, 0.5) is 4.39 Å². The normalized spacial score (nSPS) is 15.1. The van der Waals surface area contributed by atoms with Crippen molar-refractivity contribution in [1.82, 2.24) is 10.4 Å². The number of thiocarbonyl (C=S) groups is 1. The fraction of sp³-hybridized carbons (Fsp3) is 0.105. The van der Waals surface area contributed by atoms with Crippen molar-refractivity contribution in [2.75, 3.05) is 14.2 Å². The molecular formula is C19H15FN2O4S2. The van der Waals surface area contributed by atoms with Gasteiger partial charge in [-0.25, -0.2) is 4.39 Å². The minimum atomic E-state index is -0.573. The zero-order valence-corrected chi connectivity index (χ0v) is 16.5. The van der Waals surface area contributed by atoms with Gasteiger partial charge in [-0.2, -0.15) is 5.01 Å². The van der Waals surface area contributed by atoms with Gasteiger partial charge < -0.3 is 9.47 Å². The van der Waals surface area contributed by atoms with E-state index < -0.39 is 17.6 Å². The Hall–Kier alpha value is -2.91.